The minimum atomic E-state index is -0.463. The number of rotatable bonds is 5. The van der Waals surface area contributed by atoms with Crippen molar-refractivity contribution in [3.63, 3.8) is 0 Å². The summed E-state index contributed by atoms with van der Waals surface area (Å²) in [4.78, 5) is 10.9. The van der Waals surface area contributed by atoms with Gasteiger partial charge in [-0.3, -0.25) is 0 Å². The number of carbonyl (C=O) groups excluding carboxylic acids is 1. The molecule has 0 amide bonds. The van der Waals surface area contributed by atoms with Gasteiger partial charge in [0.1, 0.15) is 6.04 Å². The number of hydrogen-bond acceptors (Lipinski definition) is 6. The monoisotopic (exact) mass is 277 g/mol. The fourth-order valence-corrected chi connectivity index (χ4v) is 1.28. The first-order valence-electron chi connectivity index (χ1n) is 3.77. The van der Waals surface area contributed by atoms with Gasteiger partial charge in [-0.25, -0.2) is 4.79 Å². The summed E-state index contributed by atoms with van der Waals surface area (Å²) in [6.07, 6.45) is 6.16. The summed E-state index contributed by atoms with van der Waals surface area (Å²) in [5, 5.41) is 0. The van der Waals surface area contributed by atoms with Crippen LogP contribution in [0.15, 0.2) is 0 Å². The molecular weight excluding hydrogens is 262 g/mol. The Morgan fingerprint density at radius 1 is 1.50 bits per heavy atom. The summed E-state index contributed by atoms with van der Waals surface area (Å²) in [6.45, 7) is 0. The molecule has 1 atom stereocenters. The third-order valence-electron chi connectivity index (χ3n) is 1.10. The van der Waals surface area contributed by atoms with Crippen molar-refractivity contribution in [1.82, 2.24) is 0 Å². The lowest BCUT2D eigenvalue weighted by atomic mass is 10.2. The van der Waals surface area contributed by atoms with Crippen molar-refractivity contribution in [1.29, 1.82) is 0 Å². The van der Waals surface area contributed by atoms with E-state index in [0.717, 1.165) is 17.8 Å². The Bertz CT molecular complexity index is 140. The van der Waals surface area contributed by atoms with E-state index in [1.165, 1.54) is 11.0 Å². The van der Waals surface area contributed by atoms with Gasteiger partial charge in [0.2, 0.25) is 0 Å². The maximum Gasteiger partial charge on any atom is 0.334 e. The Morgan fingerprint density at radius 3 is 2.36 bits per heavy atom. The number of nitrogens with two attached hydrogens (primary N) is 1. The lowest BCUT2D eigenvalue weighted by Crippen LogP contribution is -2.31. The second-order valence-corrected chi connectivity index (χ2v) is 4.83. The van der Waals surface area contributed by atoms with Gasteiger partial charge in [-0.15, -0.1) is 0 Å². The van der Waals surface area contributed by atoms with Crippen LogP contribution in [0.5, 0.6) is 0 Å². The zero-order valence-electron chi connectivity index (χ0n) is 8.49. The van der Waals surface area contributed by atoms with Gasteiger partial charge in [0.05, 0.1) is 12.0 Å². The molecule has 0 spiro atoms. The summed E-state index contributed by atoms with van der Waals surface area (Å²) in [5.41, 5.74) is 5.49. The van der Waals surface area contributed by atoms with E-state index in [0.29, 0.717) is 6.42 Å². The molecule has 14 heavy (non-hydrogen) atoms. The molecule has 0 bridgehead atoms. The molecule has 2 N–H and O–H groups in total. The lowest BCUT2D eigenvalue weighted by Gasteiger charge is -2.07. The Hall–Kier alpha value is 0.770. The molecule has 0 saturated carbocycles. The van der Waals surface area contributed by atoms with Crippen LogP contribution >= 0.6 is 45.5 Å². The SMILES string of the molecule is CSCC[C@H](N)C(=O)OSC.CSCl. The van der Waals surface area contributed by atoms with E-state index in [4.69, 9.17) is 16.4 Å². The molecular formula is C7H16ClNO2S3. The van der Waals surface area contributed by atoms with Crippen molar-refractivity contribution in [2.45, 2.75) is 12.5 Å². The standard InChI is InChI=1S/C6H13NO2S2.CH3ClS/c1-10-4-3-5(7)6(8)9-11-2;1-3-2/h5H,3-4,7H2,1-2H3;1H3/t5-;/m0./s1. The fourth-order valence-electron chi connectivity index (χ4n) is 0.507. The van der Waals surface area contributed by atoms with Gasteiger partial charge in [-0.2, -0.15) is 11.8 Å². The number of carbonyl (C=O) groups is 1. The Morgan fingerprint density at radius 2 is 2.00 bits per heavy atom. The van der Waals surface area contributed by atoms with E-state index >= 15 is 0 Å². The van der Waals surface area contributed by atoms with Crippen molar-refractivity contribution in [3.8, 4) is 0 Å². The van der Waals surface area contributed by atoms with Gasteiger partial charge in [0.15, 0.2) is 0 Å². The minimum Gasteiger partial charge on any atom is -0.391 e. The van der Waals surface area contributed by atoms with E-state index in [1.807, 2.05) is 12.5 Å². The summed E-state index contributed by atoms with van der Waals surface area (Å²) in [5.74, 6) is 0.566. The van der Waals surface area contributed by atoms with E-state index < -0.39 is 6.04 Å². The second-order valence-electron chi connectivity index (χ2n) is 2.11. The summed E-state index contributed by atoms with van der Waals surface area (Å²) >= 11 is 2.71. The molecule has 3 nitrogen and oxygen atoms in total. The lowest BCUT2D eigenvalue weighted by molar-refractivity contribution is -0.134. The molecule has 0 fully saturated rings. The smallest absolute Gasteiger partial charge is 0.334 e. The molecule has 0 heterocycles. The first kappa shape index (κ1) is 17.2. The van der Waals surface area contributed by atoms with Crippen LogP contribution in [0.25, 0.3) is 0 Å². The van der Waals surface area contributed by atoms with Gasteiger partial charge in [0.25, 0.3) is 0 Å². The maximum atomic E-state index is 10.9. The van der Waals surface area contributed by atoms with E-state index in [9.17, 15) is 4.79 Å². The van der Waals surface area contributed by atoms with Crippen molar-refractivity contribution in [2.24, 2.45) is 5.73 Å². The van der Waals surface area contributed by atoms with Gasteiger partial charge < -0.3 is 9.92 Å². The third-order valence-corrected chi connectivity index (χ3v) is 2.08. The molecule has 0 saturated heterocycles. The molecule has 7 heteroatoms. The average Bonchev–Trinajstić information content (AvgIpc) is 2.15. The predicted molar refractivity (Wildman–Crippen MR) is 69.9 cm³/mol. The summed E-state index contributed by atoms with van der Waals surface area (Å²) in [6, 6.07) is -0.463. The first-order valence-corrected chi connectivity index (χ1v) is 8.37. The molecule has 0 aliphatic heterocycles. The Labute approximate surface area is 103 Å². The van der Waals surface area contributed by atoms with E-state index in [2.05, 4.69) is 4.18 Å². The molecule has 0 radical (unpaired) electrons. The fraction of sp³-hybridized carbons (Fsp3) is 0.857. The van der Waals surface area contributed by atoms with Crippen LogP contribution < -0.4 is 5.73 Å². The summed E-state index contributed by atoms with van der Waals surface area (Å²) in [7, 11) is 6.14. The second kappa shape index (κ2) is 13.8. The van der Waals surface area contributed by atoms with Crippen LogP contribution in [0, 0.1) is 0 Å². The van der Waals surface area contributed by atoms with Crippen LogP contribution in [0.1, 0.15) is 6.42 Å². The molecule has 0 unspecified atom stereocenters. The van der Waals surface area contributed by atoms with Crippen LogP contribution in [-0.4, -0.2) is 36.5 Å². The number of hydrogen-bond donors (Lipinski definition) is 1. The van der Waals surface area contributed by atoms with Crippen molar-refractivity contribution in [3.05, 3.63) is 0 Å². The van der Waals surface area contributed by atoms with Crippen LogP contribution in [0.2, 0.25) is 0 Å². The molecule has 86 valence electrons. The highest BCUT2D eigenvalue weighted by atomic mass is 35.7. The van der Waals surface area contributed by atoms with Crippen molar-refractivity contribution in [2.75, 3.05) is 24.5 Å². The van der Waals surface area contributed by atoms with Crippen LogP contribution in [-0.2, 0) is 8.98 Å². The van der Waals surface area contributed by atoms with Crippen LogP contribution in [0.3, 0.4) is 0 Å². The largest absolute Gasteiger partial charge is 0.391 e. The highest BCUT2D eigenvalue weighted by Crippen LogP contribution is 2.03. The quantitative estimate of drug-likeness (QED) is 0.779. The van der Waals surface area contributed by atoms with E-state index in [1.54, 1.807) is 18.0 Å². The highest BCUT2D eigenvalue weighted by Gasteiger charge is 2.13. The zero-order chi connectivity index (χ0) is 11.4. The number of halogens is 1. The topological polar surface area (TPSA) is 52.3 Å². The van der Waals surface area contributed by atoms with Gasteiger partial charge in [0, 0.05) is 6.26 Å². The number of thioether (sulfide) groups is 1. The van der Waals surface area contributed by atoms with Gasteiger partial charge in [-0.05, 0) is 35.4 Å². The minimum absolute atomic E-state index is 0.327. The van der Waals surface area contributed by atoms with Crippen LogP contribution in [0.4, 0.5) is 0 Å². The van der Waals surface area contributed by atoms with Gasteiger partial charge >= 0.3 is 5.97 Å². The normalized spacial score (nSPS) is 11.2. The molecule has 0 rings (SSSR count). The Kier molecular flexibility index (Phi) is 16.9. The molecule has 0 aromatic heterocycles. The molecule has 0 aromatic carbocycles. The molecule has 0 aliphatic carbocycles. The van der Waals surface area contributed by atoms with E-state index in [-0.39, 0.29) is 5.97 Å². The first-order chi connectivity index (χ1) is 6.63. The third kappa shape index (κ3) is 12.8. The predicted octanol–water partition coefficient (Wildman–Crippen LogP) is 2.39. The molecule has 0 aromatic rings. The maximum absolute atomic E-state index is 10.9. The zero-order valence-corrected chi connectivity index (χ0v) is 11.7. The molecule has 0 aliphatic rings. The summed E-state index contributed by atoms with van der Waals surface area (Å²) < 4.78 is 4.64. The van der Waals surface area contributed by atoms with Gasteiger partial charge in [-0.1, -0.05) is 11.0 Å². The Balaban J connectivity index is 0. The van der Waals surface area contributed by atoms with Crippen molar-refractivity contribution >= 4 is 51.4 Å². The average molecular weight is 278 g/mol. The van der Waals surface area contributed by atoms with Crippen molar-refractivity contribution < 1.29 is 8.98 Å². The highest BCUT2D eigenvalue weighted by molar-refractivity contribution is 8.20.